The average Bonchev–Trinajstić information content (AvgIpc) is 2.60. The molecule has 0 saturated carbocycles. The summed E-state index contributed by atoms with van der Waals surface area (Å²) in [6.45, 7) is -2.63. The van der Waals surface area contributed by atoms with Gasteiger partial charge in [-0.2, -0.15) is 8.78 Å². The fraction of sp³-hybridized carbons (Fsp3) is 0.222. The Bertz CT molecular complexity index is 748. The molecule has 132 valence electrons. The van der Waals surface area contributed by atoms with E-state index in [2.05, 4.69) is 10.1 Å². The van der Waals surface area contributed by atoms with Gasteiger partial charge in [0.05, 0.1) is 0 Å². The zero-order valence-corrected chi connectivity index (χ0v) is 13.8. The van der Waals surface area contributed by atoms with Crippen LogP contribution in [0.5, 0.6) is 5.75 Å². The van der Waals surface area contributed by atoms with Crippen molar-refractivity contribution < 1.29 is 23.1 Å². The highest BCUT2D eigenvalue weighted by Crippen LogP contribution is 2.18. The molecule has 0 aromatic heterocycles. The Kier molecular flexibility index (Phi) is 6.05. The second-order valence-corrected chi connectivity index (χ2v) is 5.34. The highest BCUT2D eigenvalue weighted by molar-refractivity contribution is 5.95. The van der Waals surface area contributed by atoms with Crippen LogP contribution >= 0.6 is 0 Å². The number of alkyl halides is 2. The van der Waals surface area contributed by atoms with Gasteiger partial charge in [0.25, 0.3) is 11.8 Å². The van der Waals surface area contributed by atoms with E-state index in [1.807, 2.05) is 0 Å². The number of carbonyl (C=O) groups is 2. The van der Waals surface area contributed by atoms with Gasteiger partial charge in [-0.05, 0) is 35.9 Å². The van der Waals surface area contributed by atoms with Gasteiger partial charge < -0.3 is 15.0 Å². The van der Waals surface area contributed by atoms with Crippen molar-refractivity contribution in [2.45, 2.75) is 13.2 Å². The summed E-state index contributed by atoms with van der Waals surface area (Å²) in [6.07, 6.45) is 0. The lowest BCUT2D eigenvalue weighted by atomic mass is 10.1. The number of carbonyl (C=O) groups excluding carboxylic acids is 2. The van der Waals surface area contributed by atoms with Crippen LogP contribution in [0.3, 0.4) is 0 Å². The van der Waals surface area contributed by atoms with Crippen LogP contribution < -0.4 is 10.1 Å². The molecule has 2 aromatic rings. The fourth-order valence-electron chi connectivity index (χ4n) is 2.28. The number of halogens is 2. The van der Waals surface area contributed by atoms with Crippen LogP contribution in [0.2, 0.25) is 0 Å². The molecule has 0 saturated heterocycles. The molecule has 2 rings (SSSR count). The van der Waals surface area contributed by atoms with Crippen molar-refractivity contribution in [2.24, 2.45) is 0 Å². The molecular formula is C18H18F2N2O3. The Morgan fingerprint density at radius 3 is 2.40 bits per heavy atom. The fourth-order valence-corrected chi connectivity index (χ4v) is 2.28. The van der Waals surface area contributed by atoms with Crippen LogP contribution in [0.15, 0.2) is 48.5 Å². The van der Waals surface area contributed by atoms with Crippen molar-refractivity contribution in [3.8, 4) is 5.75 Å². The van der Waals surface area contributed by atoms with E-state index in [1.165, 1.54) is 29.2 Å². The summed E-state index contributed by atoms with van der Waals surface area (Å²) in [5.74, 6) is -0.578. The molecule has 1 N–H and O–H groups in total. The molecule has 7 heteroatoms. The molecule has 25 heavy (non-hydrogen) atoms. The normalized spacial score (nSPS) is 10.4. The smallest absolute Gasteiger partial charge is 0.387 e. The second kappa shape index (κ2) is 8.23. The molecule has 0 heterocycles. The zero-order chi connectivity index (χ0) is 18.4. The summed E-state index contributed by atoms with van der Waals surface area (Å²) < 4.78 is 28.8. The topological polar surface area (TPSA) is 58.6 Å². The van der Waals surface area contributed by atoms with Gasteiger partial charge >= 0.3 is 6.61 Å². The minimum absolute atomic E-state index is 0.0656. The third kappa shape index (κ3) is 5.00. The third-order valence-corrected chi connectivity index (χ3v) is 3.52. The molecule has 0 aliphatic heterocycles. The number of nitrogens with zero attached hydrogens (tertiary/aromatic N) is 1. The maximum absolute atomic E-state index is 12.4. The van der Waals surface area contributed by atoms with E-state index in [-0.39, 0.29) is 23.1 Å². The first-order chi connectivity index (χ1) is 11.9. The highest BCUT2D eigenvalue weighted by Gasteiger charge is 2.14. The second-order valence-electron chi connectivity index (χ2n) is 5.34. The van der Waals surface area contributed by atoms with Crippen LogP contribution in [0.25, 0.3) is 0 Å². The predicted octanol–water partition coefficient (Wildman–Crippen LogP) is 2.92. The third-order valence-electron chi connectivity index (χ3n) is 3.52. The maximum atomic E-state index is 12.4. The Balaban J connectivity index is 2.06. The summed E-state index contributed by atoms with van der Waals surface area (Å²) in [5.41, 5.74) is 1.61. The van der Waals surface area contributed by atoms with Gasteiger partial charge in [0, 0.05) is 31.8 Å². The number of benzene rings is 2. The minimum atomic E-state index is -2.94. The molecule has 0 atom stereocenters. The summed E-state index contributed by atoms with van der Waals surface area (Å²) >= 11 is 0. The molecule has 2 aromatic carbocycles. The number of nitrogens with one attached hydrogen (secondary N) is 1. The van der Waals surface area contributed by atoms with Crippen LogP contribution in [-0.4, -0.2) is 37.4 Å². The Hall–Kier alpha value is -2.96. The van der Waals surface area contributed by atoms with Crippen LogP contribution in [0.1, 0.15) is 26.3 Å². The lowest BCUT2D eigenvalue weighted by molar-refractivity contribution is -0.0499. The van der Waals surface area contributed by atoms with E-state index in [4.69, 9.17) is 0 Å². The van der Waals surface area contributed by atoms with E-state index in [0.717, 1.165) is 5.56 Å². The predicted molar refractivity (Wildman–Crippen MR) is 88.7 cm³/mol. The van der Waals surface area contributed by atoms with Gasteiger partial charge in [0.1, 0.15) is 5.75 Å². The van der Waals surface area contributed by atoms with E-state index in [0.29, 0.717) is 12.1 Å². The van der Waals surface area contributed by atoms with E-state index in [9.17, 15) is 18.4 Å². The van der Waals surface area contributed by atoms with Crippen molar-refractivity contribution in [3.63, 3.8) is 0 Å². The largest absolute Gasteiger partial charge is 0.435 e. The molecule has 5 nitrogen and oxygen atoms in total. The molecule has 0 bridgehead atoms. The first-order valence-electron chi connectivity index (χ1n) is 7.52. The SMILES string of the molecule is CNC(=O)c1ccc(CN(C)C(=O)c2cccc(OC(F)F)c2)cc1. The van der Waals surface area contributed by atoms with Gasteiger partial charge in [-0.25, -0.2) is 0 Å². The highest BCUT2D eigenvalue weighted by atomic mass is 19.3. The van der Waals surface area contributed by atoms with E-state index >= 15 is 0 Å². The van der Waals surface area contributed by atoms with Gasteiger partial charge in [0.15, 0.2) is 0 Å². The van der Waals surface area contributed by atoms with E-state index < -0.39 is 6.61 Å². The molecule has 0 aliphatic carbocycles. The van der Waals surface area contributed by atoms with Crippen molar-refractivity contribution in [1.29, 1.82) is 0 Å². The quantitative estimate of drug-likeness (QED) is 0.873. The Morgan fingerprint density at radius 1 is 1.12 bits per heavy atom. The summed E-state index contributed by atoms with van der Waals surface area (Å²) in [5, 5.41) is 2.53. The number of rotatable bonds is 6. The Morgan fingerprint density at radius 2 is 1.80 bits per heavy atom. The average molecular weight is 348 g/mol. The van der Waals surface area contributed by atoms with Crippen molar-refractivity contribution in [3.05, 3.63) is 65.2 Å². The van der Waals surface area contributed by atoms with Crippen molar-refractivity contribution in [1.82, 2.24) is 10.2 Å². The first kappa shape index (κ1) is 18.4. The van der Waals surface area contributed by atoms with E-state index in [1.54, 1.807) is 38.4 Å². The molecule has 0 radical (unpaired) electrons. The standard InChI is InChI=1S/C18H18F2N2O3/c1-21-16(23)13-8-6-12(7-9-13)11-22(2)17(24)14-4-3-5-15(10-14)25-18(19)20/h3-10,18H,11H2,1-2H3,(H,21,23). The summed E-state index contributed by atoms with van der Waals surface area (Å²) in [6, 6.07) is 12.5. The molecule has 0 unspecified atom stereocenters. The monoisotopic (exact) mass is 348 g/mol. The summed E-state index contributed by atoms with van der Waals surface area (Å²) in [7, 11) is 3.16. The molecule has 0 spiro atoms. The number of hydrogen-bond donors (Lipinski definition) is 1. The molecule has 2 amide bonds. The zero-order valence-electron chi connectivity index (χ0n) is 13.8. The van der Waals surface area contributed by atoms with Crippen LogP contribution in [-0.2, 0) is 6.54 Å². The van der Waals surface area contributed by atoms with Crippen molar-refractivity contribution >= 4 is 11.8 Å². The Labute approximate surface area is 144 Å². The number of hydrogen-bond acceptors (Lipinski definition) is 3. The molecule has 0 aliphatic rings. The number of ether oxygens (including phenoxy) is 1. The lowest BCUT2D eigenvalue weighted by Gasteiger charge is -2.18. The molecular weight excluding hydrogens is 330 g/mol. The van der Waals surface area contributed by atoms with Gasteiger partial charge in [-0.3, -0.25) is 9.59 Å². The van der Waals surface area contributed by atoms with Crippen LogP contribution in [0, 0.1) is 0 Å². The minimum Gasteiger partial charge on any atom is -0.435 e. The van der Waals surface area contributed by atoms with Gasteiger partial charge in [-0.15, -0.1) is 0 Å². The maximum Gasteiger partial charge on any atom is 0.387 e. The van der Waals surface area contributed by atoms with Crippen molar-refractivity contribution in [2.75, 3.05) is 14.1 Å². The van der Waals surface area contributed by atoms with Gasteiger partial charge in [-0.1, -0.05) is 18.2 Å². The molecule has 0 fully saturated rings. The first-order valence-corrected chi connectivity index (χ1v) is 7.52. The van der Waals surface area contributed by atoms with Crippen LogP contribution in [0.4, 0.5) is 8.78 Å². The lowest BCUT2D eigenvalue weighted by Crippen LogP contribution is -2.26. The number of amides is 2. The van der Waals surface area contributed by atoms with Gasteiger partial charge in [0.2, 0.25) is 0 Å². The summed E-state index contributed by atoms with van der Waals surface area (Å²) in [4.78, 5) is 25.4.